The quantitative estimate of drug-likeness (QED) is 0.714. The second-order valence-electron chi connectivity index (χ2n) is 5.06. The summed E-state index contributed by atoms with van der Waals surface area (Å²) in [6.45, 7) is 1.14. The van der Waals surface area contributed by atoms with Crippen molar-refractivity contribution < 1.29 is 4.98 Å². The predicted molar refractivity (Wildman–Crippen MR) is 65.6 cm³/mol. The van der Waals surface area contributed by atoms with Gasteiger partial charge in [0.2, 0.25) is 0 Å². The van der Waals surface area contributed by atoms with Crippen LogP contribution in [-0.4, -0.2) is 13.6 Å². The molecule has 1 aromatic rings. The number of rotatable bonds is 0. The maximum absolute atomic E-state index is 6.34. The van der Waals surface area contributed by atoms with E-state index < -0.39 is 0 Å². The van der Waals surface area contributed by atoms with Gasteiger partial charge in [-0.15, -0.1) is 0 Å². The monoisotopic (exact) mass is 218 g/mol. The Kier molecular flexibility index (Phi) is 2.27. The smallest absolute Gasteiger partial charge is 0.279 e. The van der Waals surface area contributed by atoms with E-state index >= 15 is 0 Å². The average Bonchev–Trinajstić information content (AvgIpc) is 2.66. The van der Waals surface area contributed by atoms with Crippen LogP contribution in [0, 0.1) is 0 Å². The number of pyridine rings is 1. The lowest BCUT2D eigenvalue weighted by atomic mass is 10.0. The number of hydrogen-bond acceptors (Lipinski definition) is 2. The molecule has 3 heteroatoms. The molecule has 0 fully saturated rings. The molecular formula is C13H20N3+. The molecule has 86 valence electrons. The Morgan fingerprint density at radius 1 is 1.06 bits per heavy atom. The molecule has 3 rings (SSSR count). The van der Waals surface area contributed by atoms with Crippen molar-refractivity contribution in [2.45, 2.75) is 38.5 Å². The van der Waals surface area contributed by atoms with E-state index in [4.69, 9.17) is 5.73 Å². The highest BCUT2D eigenvalue weighted by Crippen LogP contribution is 2.33. The Labute approximate surface area is 96.7 Å². The van der Waals surface area contributed by atoms with Crippen LogP contribution in [0.1, 0.15) is 36.1 Å². The molecule has 0 unspecified atom stereocenters. The van der Waals surface area contributed by atoms with Gasteiger partial charge in [-0.1, -0.05) is 0 Å². The summed E-state index contributed by atoms with van der Waals surface area (Å²) in [6.07, 6.45) is 7.24. The molecule has 0 saturated carbocycles. The lowest BCUT2D eigenvalue weighted by Crippen LogP contribution is -2.29. The number of H-pyrrole nitrogens is 1. The second kappa shape index (κ2) is 3.65. The number of hydrogen-bond donors (Lipinski definition) is 1. The first-order chi connectivity index (χ1) is 7.77. The van der Waals surface area contributed by atoms with E-state index in [1.165, 1.54) is 48.3 Å². The van der Waals surface area contributed by atoms with Gasteiger partial charge in [0.25, 0.3) is 5.82 Å². The van der Waals surface area contributed by atoms with Crippen molar-refractivity contribution in [1.29, 1.82) is 0 Å². The summed E-state index contributed by atoms with van der Waals surface area (Å²) in [5.74, 6) is 1.27. The van der Waals surface area contributed by atoms with Crippen molar-refractivity contribution >= 4 is 11.5 Å². The molecule has 0 aromatic carbocycles. The number of aromatic nitrogens is 1. The van der Waals surface area contributed by atoms with Crippen molar-refractivity contribution in [1.82, 2.24) is 0 Å². The number of nitrogens with two attached hydrogens (primary N) is 1. The van der Waals surface area contributed by atoms with E-state index in [0.29, 0.717) is 0 Å². The number of nitrogens with one attached hydrogen (secondary N) is 1. The lowest BCUT2D eigenvalue weighted by molar-refractivity contribution is -0.376. The van der Waals surface area contributed by atoms with Crippen LogP contribution in [0.2, 0.25) is 0 Å². The Bertz CT molecular complexity index is 426. The molecule has 1 aliphatic heterocycles. The molecule has 0 saturated heterocycles. The second-order valence-corrected chi connectivity index (χ2v) is 5.06. The van der Waals surface area contributed by atoms with Crippen LogP contribution >= 0.6 is 0 Å². The van der Waals surface area contributed by atoms with Gasteiger partial charge in [-0.2, -0.15) is 0 Å². The topological polar surface area (TPSA) is 43.4 Å². The zero-order chi connectivity index (χ0) is 11.1. The standard InChI is InChI=1S/C13H19N3/c1-16-8-3-2-5-10-12(14)9-6-4-7-11(9)15-13(10)16/h2-8H2,1H3,(H2,14,15)/p+1. The first-order valence-corrected chi connectivity index (χ1v) is 6.34. The molecule has 0 spiro atoms. The van der Waals surface area contributed by atoms with Crippen LogP contribution in [0.25, 0.3) is 0 Å². The zero-order valence-corrected chi connectivity index (χ0v) is 9.97. The minimum absolute atomic E-state index is 1.08. The predicted octanol–water partition coefficient (Wildman–Crippen LogP) is 1.34. The molecule has 2 aliphatic rings. The van der Waals surface area contributed by atoms with Crippen LogP contribution in [0.4, 0.5) is 11.5 Å². The SMILES string of the molecule is CN1CCCCc2c1[nH+]c1c(c2N)CCC1. The third-order valence-electron chi connectivity index (χ3n) is 3.98. The zero-order valence-electron chi connectivity index (χ0n) is 9.97. The third-order valence-corrected chi connectivity index (χ3v) is 3.98. The first-order valence-electron chi connectivity index (χ1n) is 6.34. The van der Waals surface area contributed by atoms with Crippen LogP contribution in [0.5, 0.6) is 0 Å². The number of nitrogen functional groups attached to an aromatic ring is 1. The van der Waals surface area contributed by atoms with Crippen LogP contribution in [0.15, 0.2) is 0 Å². The molecule has 0 atom stereocenters. The molecule has 16 heavy (non-hydrogen) atoms. The fourth-order valence-corrected chi connectivity index (χ4v) is 3.05. The van der Waals surface area contributed by atoms with E-state index in [1.807, 2.05) is 0 Å². The average molecular weight is 218 g/mol. The fraction of sp³-hybridized carbons (Fsp3) is 0.615. The summed E-state index contributed by atoms with van der Waals surface area (Å²) < 4.78 is 0. The van der Waals surface area contributed by atoms with Crippen molar-refractivity contribution in [3.8, 4) is 0 Å². The highest BCUT2D eigenvalue weighted by molar-refractivity contribution is 5.63. The van der Waals surface area contributed by atoms with E-state index in [-0.39, 0.29) is 0 Å². The van der Waals surface area contributed by atoms with Gasteiger partial charge in [-0.25, -0.2) is 4.98 Å². The molecule has 3 nitrogen and oxygen atoms in total. The van der Waals surface area contributed by atoms with Crippen molar-refractivity contribution in [3.63, 3.8) is 0 Å². The van der Waals surface area contributed by atoms with Gasteiger partial charge in [-0.05, 0) is 32.1 Å². The van der Waals surface area contributed by atoms with Gasteiger partial charge >= 0.3 is 0 Å². The number of aryl methyl sites for hydroxylation is 1. The fourth-order valence-electron chi connectivity index (χ4n) is 3.05. The number of aromatic amines is 1. The molecular weight excluding hydrogens is 198 g/mol. The highest BCUT2D eigenvalue weighted by Gasteiger charge is 2.28. The first kappa shape index (κ1) is 9.94. The minimum atomic E-state index is 1.08. The lowest BCUT2D eigenvalue weighted by Gasteiger charge is -2.14. The molecule has 0 amide bonds. The largest absolute Gasteiger partial charge is 0.398 e. The van der Waals surface area contributed by atoms with Crippen LogP contribution in [-0.2, 0) is 19.3 Å². The maximum Gasteiger partial charge on any atom is 0.279 e. The maximum atomic E-state index is 6.34. The van der Waals surface area contributed by atoms with Gasteiger partial charge in [0, 0.05) is 12.0 Å². The Morgan fingerprint density at radius 3 is 2.75 bits per heavy atom. The van der Waals surface area contributed by atoms with E-state index in [2.05, 4.69) is 16.9 Å². The molecule has 3 N–H and O–H groups in total. The van der Waals surface area contributed by atoms with Crippen LogP contribution < -0.4 is 15.6 Å². The van der Waals surface area contributed by atoms with Gasteiger partial charge < -0.3 is 5.73 Å². The summed E-state index contributed by atoms with van der Waals surface area (Å²) in [7, 11) is 2.17. The van der Waals surface area contributed by atoms with Crippen molar-refractivity contribution in [2.75, 3.05) is 24.2 Å². The van der Waals surface area contributed by atoms with Gasteiger partial charge in [0.15, 0.2) is 0 Å². The van der Waals surface area contributed by atoms with E-state index in [1.54, 1.807) is 0 Å². The molecule has 1 aliphatic carbocycles. The van der Waals surface area contributed by atoms with Crippen LogP contribution in [0.3, 0.4) is 0 Å². The van der Waals surface area contributed by atoms with Gasteiger partial charge in [0.05, 0.1) is 24.8 Å². The van der Waals surface area contributed by atoms with E-state index in [9.17, 15) is 0 Å². The summed E-state index contributed by atoms with van der Waals surface area (Å²) in [5.41, 5.74) is 11.6. The Balaban J connectivity index is 2.18. The number of nitrogens with zero attached hydrogens (tertiary/aromatic N) is 1. The summed E-state index contributed by atoms with van der Waals surface area (Å²) in [6, 6.07) is 0. The normalized spacial score (nSPS) is 19.2. The summed E-state index contributed by atoms with van der Waals surface area (Å²) in [4.78, 5) is 5.95. The van der Waals surface area contributed by atoms with Gasteiger partial charge in [-0.3, -0.25) is 4.90 Å². The number of anilines is 2. The molecule has 0 bridgehead atoms. The minimum Gasteiger partial charge on any atom is -0.398 e. The van der Waals surface area contributed by atoms with Crippen molar-refractivity contribution in [2.24, 2.45) is 0 Å². The van der Waals surface area contributed by atoms with Gasteiger partial charge in [0.1, 0.15) is 5.69 Å². The molecule has 2 heterocycles. The molecule has 0 radical (unpaired) electrons. The Hall–Kier alpha value is -1.25. The third kappa shape index (κ3) is 1.38. The summed E-state index contributed by atoms with van der Waals surface area (Å²) >= 11 is 0. The highest BCUT2D eigenvalue weighted by atomic mass is 15.2. The molecule has 1 aromatic heterocycles. The summed E-state index contributed by atoms with van der Waals surface area (Å²) in [5, 5.41) is 0. The van der Waals surface area contributed by atoms with Crippen molar-refractivity contribution in [3.05, 3.63) is 16.8 Å². The number of fused-ring (bicyclic) bond motifs is 2. The Morgan fingerprint density at radius 2 is 1.88 bits per heavy atom. The van der Waals surface area contributed by atoms with E-state index in [0.717, 1.165) is 25.1 Å².